The summed E-state index contributed by atoms with van der Waals surface area (Å²) in [6, 6.07) is 16.6. The van der Waals surface area contributed by atoms with Gasteiger partial charge in [-0.3, -0.25) is 10.1 Å². The molecule has 0 aliphatic rings. The smallest absolute Gasteiger partial charge is 0.270 e. The zero-order valence-electron chi connectivity index (χ0n) is 13.1. The van der Waals surface area contributed by atoms with Gasteiger partial charge < -0.3 is 10.2 Å². The monoisotopic (exact) mass is 311 g/mol. The van der Waals surface area contributed by atoms with E-state index in [2.05, 4.69) is 31.5 Å². The lowest BCUT2D eigenvalue weighted by Gasteiger charge is -2.23. The highest BCUT2D eigenvalue weighted by Gasteiger charge is 2.18. The number of hydrogen-bond acceptors (Lipinski definition) is 4. The molecule has 23 heavy (non-hydrogen) atoms. The molecule has 0 saturated carbocycles. The summed E-state index contributed by atoms with van der Waals surface area (Å²) in [6.45, 7) is 0.624. The van der Waals surface area contributed by atoms with Crippen LogP contribution in [0.2, 0.25) is 0 Å². The molecule has 2 aromatic carbocycles. The highest BCUT2D eigenvalue weighted by molar-refractivity contribution is 5.61. The van der Waals surface area contributed by atoms with Crippen LogP contribution in [0.1, 0.15) is 17.2 Å². The number of likely N-dealkylation sites (N-methyl/N-ethyl adjacent to an activating group) is 1. The number of nitro benzene ring substituents is 1. The van der Waals surface area contributed by atoms with E-state index in [1.165, 1.54) is 22.6 Å². The Morgan fingerprint density at radius 1 is 1.26 bits per heavy atom. The average Bonchev–Trinajstić information content (AvgIpc) is 2.55. The van der Waals surface area contributed by atoms with Crippen LogP contribution in [0.5, 0.6) is 0 Å². The fraction of sp³-hybridized carbons (Fsp3) is 0.235. The summed E-state index contributed by atoms with van der Waals surface area (Å²) in [5.41, 5.74) is 2.01. The van der Waals surface area contributed by atoms with E-state index in [0.717, 1.165) is 0 Å². The summed E-state index contributed by atoms with van der Waals surface area (Å²) in [5, 5.41) is 23.2. The average molecular weight is 311 g/mol. The first-order chi connectivity index (χ1) is 11.0. The van der Waals surface area contributed by atoms with Crippen LogP contribution < -0.4 is 10.2 Å². The number of non-ortho nitro benzene ring substituents is 1. The quantitative estimate of drug-likeness (QED) is 0.629. The SMILES string of the molecule is C[NH+](C)[C@H](CNc1ccc([N+](=O)[O-])cc1C#N)c1ccccc1. The molecule has 0 saturated heterocycles. The number of nitriles is 1. The number of nitrogens with zero attached hydrogens (tertiary/aromatic N) is 2. The van der Waals surface area contributed by atoms with Gasteiger partial charge in [0.25, 0.3) is 5.69 Å². The molecule has 0 aliphatic carbocycles. The van der Waals surface area contributed by atoms with Crippen molar-refractivity contribution in [1.29, 1.82) is 5.26 Å². The molecule has 0 spiro atoms. The Balaban J connectivity index is 2.19. The van der Waals surface area contributed by atoms with Crippen molar-refractivity contribution in [3.63, 3.8) is 0 Å². The molecule has 6 heteroatoms. The minimum Gasteiger partial charge on any atom is -0.378 e. The second-order valence-corrected chi connectivity index (χ2v) is 5.52. The lowest BCUT2D eigenvalue weighted by molar-refractivity contribution is -0.890. The molecule has 2 N–H and O–H groups in total. The summed E-state index contributed by atoms with van der Waals surface area (Å²) in [7, 11) is 4.14. The fourth-order valence-corrected chi connectivity index (χ4v) is 2.45. The molecule has 0 aromatic heterocycles. The fourth-order valence-electron chi connectivity index (χ4n) is 2.45. The minimum atomic E-state index is -0.499. The van der Waals surface area contributed by atoms with E-state index in [1.54, 1.807) is 6.07 Å². The Bertz CT molecular complexity index is 723. The molecule has 1 atom stereocenters. The summed E-state index contributed by atoms with van der Waals surface area (Å²) in [5.74, 6) is 0. The van der Waals surface area contributed by atoms with Crippen LogP contribution in [0.25, 0.3) is 0 Å². The predicted molar refractivity (Wildman–Crippen MR) is 88.3 cm³/mol. The Morgan fingerprint density at radius 2 is 1.96 bits per heavy atom. The van der Waals surface area contributed by atoms with Crippen molar-refractivity contribution in [3.8, 4) is 6.07 Å². The van der Waals surface area contributed by atoms with E-state index in [4.69, 9.17) is 0 Å². The molecule has 0 fully saturated rings. The topological polar surface area (TPSA) is 83.4 Å². The zero-order valence-corrected chi connectivity index (χ0v) is 13.1. The Kier molecular flexibility index (Phi) is 5.28. The van der Waals surface area contributed by atoms with Crippen LogP contribution in [0, 0.1) is 21.4 Å². The molecule has 0 aliphatic heterocycles. The number of quaternary nitrogens is 1. The standard InChI is InChI=1S/C17H18N4O2/c1-20(2)17(13-6-4-3-5-7-13)12-19-16-9-8-15(21(22)23)10-14(16)11-18/h3-10,17,19H,12H2,1-2H3/p+1/t17-/m1/s1. The van der Waals surface area contributed by atoms with Gasteiger partial charge in [0.1, 0.15) is 12.1 Å². The van der Waals surface area contributed by atoms with Crippen LogP contribution >= 0.6 is 0 Å². The number of hydrogen-bond donors (Lipinski definition) is 2. The minimum absolute atomic E-state index is 0.0788. The first-order valence-electron chi connectivity index (χ1n) is 7.30. The molecule has 2 aromatic rings. The molecule has 6 nitrogen and oxygen atoms in total. The van der Waals surface area contributed by atoms with Gasteiger partial charge in [0, 0.05) is 17.7 Å². The van der Waals surface area contributed by atoms with Gasteiger partial charge in [-0.25, -0.2) is 0 Å². The molecule has 118 valence electrons. The molecule has 0 heterocycles. The molecular weight excluding hydrogens is 292 g/mol. The van der Waals surface area contributed by atoms with Gasteiger partial charge in [0.05, 0.1) is 36.8 Å². The number of anilines is 1. The lowest BCUT2D eigenvalue weighted by atomic mass is 10.1. The summed E-state index contributed by atoms with van der Waals surface area (Å²) in [6.07, 6.45) is 0. The molecular formula is C17H19N4O2+. The van der Waals surface area contributed by atoms with Crippen LogP contribution in [-0.2, 0) is 0 Å². The van der Waals surface area contributed by atoms with Crippen molar-refractivity contribution < 1.29 is 9.82 Å². The Hall–Kier alpha value is -2.91. The van der Waals surface area contributed by atoms with E-state index in [-0.39, 0.29) is 17.3 Å². The number of nitro groups is 1. The molecule has 0 bridgehead atoms. The van der Waals surface area contributed by atoms with Crippen LogP contribution in [0.3, 0.4) is 0 Å². The lowest BCUT2D eigenvalue weighted by Crippen LogP contribution is -3.06. The molecule has 2 rings (SSSR count). The van der Waals surface area contributed by atoms with E-state index in [1.807, 2.05) is 24.3 Å². The van der Waals surface area contributed by atoms with Crippen molar-refractivity contribution in [1.82, 2.24) is 0 Å². The summed E-state index contributed by atoms with van der Waals surface area (Å²) < 4.78 is 0. The second kappa shape index (κ2) is 7.38. The predicted octanol–water partition coefficient (Wildman–Crippen LogP) is 1.76. The Morgan fingerprint density at radius 3 is 2.52 bits per heavy atom. The first kappa shape index (κ1) is 16.5. The maximum atomic E-state index is 10.8. The normalized spacial score (nSPS) is 11.7. The highest BCUT2D eigenvalue weighted by atomic mass is 16.6. The maximum absolute atomic E-state index is 10.8. The van der Waals surface area contributed by atoms with E-state index in [9.17, 15) is 15.4 Å². The van der Waals surface area contributed by atoms with Gasteiger partial charge in [-0.15, -0.1) is 0 Å². The molecule has 0 amide bonds. The van der Waals surface area contributed by atoms with Gasteiger partial charge in [-0.2, -0.15) is 5.26 Å². The van der Waals surface area contributed by atoms with Crippen LogP contribution in [-0.4, -0.2) is 25.6 Å². The van der Waals surface area contributed by atoms with Crippen LogP contribution in [0.15, 0.2) is 48.5 Å². The van der Waals surface area contributed by atoms with E-state index < -0.39 is 4.92 Å². The van der Waals surface area contributed by atoms with Gasteiger partial charge in [-0.1, -0.05) is 30.3 Å². The van der Waals surface area contributed by atoms with Crippen molar-refractivity contribution in [2.75, 3.05) is 26.0 Å². The van der Waals surface area contributed by atoms with Crippen molar-refractivity contribution in [2.24, 2.45) is 0 Å². The number of rotatable bonds is 6. The van der Waals surface area contributed by atoms with E-state index >= 15 is 0 Å². The van der Waals surface area contributed by atoms with Gasteiger partial charge in [0.2, 0.25) is 0 Å². The van der Waals surface area contributed by atoms with Crippen molar-refractivity contribution in [2.45, 2.75) is 6.04 Å². The molecule has 0 unspecified atom stereocenters. The maximum Gasteiger partial charge on any atom is 0.270 e. The largest absolute Gasteiger partial charge is 0.378 e. The Labute approximate surface area is 135 Å². The van der Waals surface area contributed by atoms with Gasteiger partial charge in [-0.05, 0) is 6.07 Å². The van der Waals surface area contributed by atoms with Crippen molar-refractivity contribution in [3.05, 3.63) is 69.8 Å². The summed E-state index contributed by atoms with van der Waals surface area (Å²) in [4.78, 5) is 11.5. The third-order valence-corrected chi connectivity index (χ3v) is 3.73. The summed E-state index contributed by atoms with van der Waals surface area (Å²) >= 11 is 0. The third-order valence-electron chi connectivity index (χ3n) is 3.73. The van der Waals surface area contributed by atoms with Gasteiger partial charge in [0.15, 0.2) is 0 Å². The van der Waals surface area contributed by atoms with Crippen LogP contribution in [0.4, 0.5) is 11.4 Å². The first-order valence-corrected chi connectivity index (χ1v) is 7.30. The molecule has 0 radical (unpaired) electrons. The van der Waals surface area contributed by atoms with E-state index in [0.29, 0.717) is 12.2 Å². The van der Waals surface area contributed by atoms with Gasteiger partial charge >= 0.3 is 0 Å². The zero-order chi connectivity index (χ0) is 16.8. The third kappa shape index (κ3) is 4.05. The highest BCUT2D eigenvalue weighted by Crippen LogP contribution is 2.22. The number of nitrogens with one attached hydrogen (secondary N) is 2. The van der Waals surface area contributed by atoms with Crippen molar-refractivity contribution >= 4 is 11.4 Å². The second-order valence-electron chi connectivity index (χ2n) is 5.52. The number of benzene rings is 2.